The van der Waals surface area contributed by atoms with E-state index in [4.69, 9.17) is 10.5 Å². The van der Waals surface area contributed by atoms with Crippen LogP contribution in [0, 0.1) is 0 Å². The van der Waals surface area contributed by atoms with Crippen LogP contribution in [0.25, 0.3) is 0 Å². The summed E-state index contributed by atoms with van der Waals surface area (Å²) in [7, 11) is 1.60. The van der Waals surface area contributed by atoms with Gasteiger partial charge in [-0.25, -0.2) is 0 Å². The van der Waals surface area contributed by atoms with Crippen molar-refractivity contribution in [1.29, 1.82) is 0 Å². The Balaban J connectivity index is 1.98. The summed E-state index contributed by atoms with van der Waals surface area (Å²) in [6.07, 6.45) is 0.885. The van der Waals surface area contributed by atoms with Gasteiger partial charge in [-0.05, 0) is 30.2 Å². The van der Waals surface area contributed by atoms with E-state index in [-0.39, 0.29) is 5.91 Å². The molecule has 0 radical (unpaired) electrons. The van der Waals surface area contributed by atoms with Crippen LogP contribution >= 0.6 is 0 Å². The number of hydrogen-bond acceptors (Lipinski definition) is 4. The Bertz CT molecular complexity index is 629. The van der Waals surface area contributed by atoms with Crippen molar-refractivity contribution in [1.82, 2.24) is 5.32 Å². The summed E-state index contributed by atoms with van der Waals surface area (Å²) in [4.78, 5) is 12.3. The Morgan fingerprint density at radius 2 is 1.91 bits per heavy atom. The van der Waals surface area contributed by atoms with Crippen LogP contribution in [0.15, 0.2) is 48.5 Å². The average Bonchev–Trinajstić information content (AvgIpc) is 2.57. The van der Waals surface area contributed by atoms with E-state index >= 15 is 0 Å². The molecule has 0 heterocycles. The van der Waals surface area contributed by atoms with Gasteiger partial charge in [0.15, 0.2) is 0 Å². The van der Waals surface area contributed by atoms with E-state index in [2.05, 4.69) is 22.8 Å². The molecule has 0 bridgehead atoms. The van der Waals surface area contributed by atoms with Crippen molar-refractivity contribution in [2.24, 2.45) is 0 Å². The molecule has 4 N–H and O–H groups in total. The lowest BCUT2D eigenvalue weighted by atomic mass is 10.1. The highest BCUT2D eigenvalue weighted by molar-refractivity contribution is 6.00. The standard InChI is InChI=1S/C18H23N3O2/c1-23-12-11-21-18(22)16-13-15(19)7-8-17(16)20-10-9-14-5-3-2-4-6-14/h2-8,13,20H,9-12,19H2,1H3,(H,21,22). The van der Waals surface area contributed by atoms with Crippen LogP contribution in [-0.4, -0.2) is 32.7 Å². The van der Waals surface area contributed by atoms with Crippen LogP contribution in [0.1, 0.15) is 15.9 Å². The van der Waals surface area contributed by atoms with Crippen molar-refractivity contribution in [3.05, 3.63) is 59.7 Å². The van der Waals surface area contributed by atoms with Crippen molar-refractivity contribution >= 4 is 17.3 Å². The van der Waals surface area contributed by atoms with E-state index in [1.807, 2.05) is 24.3 Å². The fraction of sp³-hybridized carbons (Fsp3) is 0.278. The summed E-state index contributed by atoms with van der Waals surface area (Å²) in [6.45, 7) is 1.69. The van der Waals surface area contributed by atoms with Gasteiger partial charge in [0.2, 0.25) is 0 Å². The minimum atomic E-state index is -0.156. The summed E-state index contributed by atoms with van der Waals surface area (Å²) >= 11 is 0. The number of carbonyl (C=O) groups is 1. The van der Waals surface area contributed by atoms with Crippen molar-refractivity contribution < 1.29 is 9.53 Å². The number of carbonyl (C=O) groups excluding carboxylic acids is 1. The first-order valence-corrected chi connectivity index (χ1v) is 7.65. The number of methoxy groups -OCH3 is 1. The molecule has 2 rings (SSSR count). The Morgan fingerprint density at radius 1 is 1.13 bits per heavy atom. The fourth-order valence-corrected chi connectivity index (χ4v) is 2.25. The lowest BCUT2D eigenvalue weighted by Gasteiger charge is -2.13. The Kier molecular flexibility index (Phi) is 6.44. The number of nitrogens with two attached hydrogens (primary N) is 1. The van der Waals surface area contributed by atoms with Crippen LogP contribution < -0.4 is 16.4 Å². The first-order chi connectivity index (χ1) is 11.2. The highest BCUT2D eigenvalue weighted by Gasteiger charge is 2.11. The molecule has 0 aromatic heterocycles. The monoisotopic (exact) mass is 313 g/mol. The van der Waals surface area contributed by atoms with E-state index in [0.29, 0.717) is 24.4 Å². The fourth-order valence-electron chi connectivity index (χ4n) is 2.25. The normalized spacial score (nSPS) is 10.3. The van der Waals surface area contributed by atoms with Gasteiger partial charge in [0, 0.05) is 31.6 Å². The summed E-state index contributed by atoms with van der Waals surface area (Å²) in [5.74, 6) is -0.156. The summed E-state index contributed by atoms with van der Waals surface area (Å²) < 4.78 is 4.94. The number of benzene rings is 2. The smallest absolute Gasteiger partial charge is 0.253 e. The zero-order chi connectivity index (χ0) is 16.5. The minimum Gasteiger partial charge on any atom is -0.399 e. The molecule has 2 aromatic carbocycles. The molecule has 0 aliphatic heterocycles. The molecule has 0 unspecified atom stereocenters. The zero-order valence-corrected chi connectivity index (χ0v) is 13.3. The second-order valence-corrected chi connectivity index (χ2v) is 5.22. The van der Waals surface area contributed by atoms with Gasteiger partial charge in [-0.1, -0.05) is 30.3 Å². The third kappa shape index (κ3) is 5.30. The first kappa shape index (κ1) is 16.8. The van der Waals surface area contributed by atoms with Gasteiger partial charge in [0.1, 0.15) is 0 Å². The molecule has 0 saturated carbocycles. The lowest BCUT2D eigenvalue weighted by molar-refractivity contribution is 0.0938. The maximum absolute atomic E-state index is 12.3. The number of anilines is 2. The molecular weight excluding hydrogens is 290 g/mol. The summed E-state index contributed by atoms with van der Waals surface area (Å²) in [6, 6.07) is 15.5. The molecule has 0 saturated heterocycles. The molecule has 5 nitrogen and oxygen atoms in total. The molecule has 0 aliphatic rings. The second-order valence-electron chi connectivity index (χ2n) is 5.22. The molecule has 1 amide bonds. The highest BCUT2D eigenvalue weighted by Crippen LogP contribution is 2.19. The van der Waals surface area contributed by atoms with Crippen LogP contribution in [0.3, 0.4) is 0 Å². The molecule has 0 atom stereocenters. The molecule has 5 heteroatoms. The van der Waals surface area contributed by atoms with Gasteiger partial charge in [-0.3, -0.25) is 4.79 Å². The van der Waals surface area contributed by atoms with Crippen LogP contribution in [-0.2, 0) is 11.2 Å². The molecule has 2 aromatic rings. The van der Waals surface area contributed by atoms with Crippen molar-refractivity contribution in [3.63, 3.8) is 0 Å². The minimum absolute atomic E-state index is 0.156. The number of rotatable bonds is 8. The largest absolute Gasteiger partial charge is 0.399 e. The average molecular weight is 313 g/mol. The molecule has 122 valence electrons. The first-order valence-electron chi connectivity index (χ1n) is 7.65. The molecular formula is C18H23N3O2. The Hall–Kier alpha value is -2.53. The second kappa shape index (κ2) is 8.80. The van der Waals surface area contributed by atoms with Gasteiger partial charge in [-0.2, -0.15) is 0 Å². The van der Waals surface area contributed by atoms with Crippen molar-refractivity contribution in [2.75, 3.05) is 37.9 Å². The van der Waals surface area contributed by atoms with Gasteiger partial charge in [-0.15, -0.1) is 0 Å². The number of nitrogens with one attached hydrogen (secondary N) is 2. The predicted molar refractivity (Wildman–Crippen MR) is 93.7 cm³/mol. The van der Waals surface area contributed by atoms with E-state index in [9.17, 15) is 4.79 Å². The lowest BCUT2D eigenvalue weighted by Crippen LogP contribution is -2.28. The van der Waals surface area contributed by atoms with E-state index < -0.39 is 0 Å². The molecule has 0 spiro atoms. The maximum Gasteiger partial charge on any atom is 0.253 e. The number of ether oxygens (including phenoxy) is 1. The summed E-state index contributed by atoms with van der Waals surface area (Å²) in [5, 5.41) is 6.13. The predicted octanol–water partition coefficient (Wildman–Crippen LogP) is 2.30. The summed E-state index contributed by atoms with van der Waals surface area (Å²) in [5.41, 5.74) is 8.96. The number of nitrogen functional groups attached to an aromatic ring is 1. The van der Waals surface area contributed by atoms with E-state index in [0.717, 1.165) is 18.7 Å². The number of hydrogen-bond donors (Lipinski definition) is 3. The Morgan fingerprint density at radius 3 is 2.65 bits per heavy atom. The Labute approximate surface area is 136 Å². The van der Waals surface area contributed by atoms with Gasteiger partial charge in [0.05, 0.1) is 12.2 Å². The molecule has 0 fully saturated rings. The SMILES string of the molecule is COCCNC(=O)c1cc(N)ccc1NCCc1ccccc1. The van der Waals surface area contributed by atoms with Gasteiger partial charge < -0.3 is 21.1 Å². The number of amides is 1. The van der Waals surface area contributed by atoms with Gasteiger partial charge in [0.25, 0.3) is 5.91 Å². The van der Waals surface area contributed by atoms with Crippen molar-refractivity contribution in [2.45, 2.75) is 6.42 Å². The van der Waals surface area contributed by atoms with Crippen LogP contribution in [0.2, 0.25) is 0 Å². The highest BCUT2D eigenvalue weighted by atomic mass is 16.5. The van der Waals surface area contributed by atoms with Crippen molar-refractivity contribution in [3.8, 4) is 0 Å². The zero-order valence-electron chi connectivity index (χ0n) is 13.3. The van der Waals surface area contributed by atoms with E-state index in [1.165, 1.54) is 5.56 Å². The maximum atomic E-state index is 12.3. The third-order valence-electron chi connectivity index (χ3n) is 3.45. The quantitative estimate of drug-likeness (QED) is 0.516. The van der Waals surface area contributed by atoms with Gasteiger partial charge >= 0.3 is 0 Å². The van der Waals surface area contributed by atoms with Crippen LogP contribution in [0.5, 0.6) is 0 Å². The third-order valence-corrected chi connectivity index (χ3v) is 3.45. The molecule has 0 aliphatic carbocycles. The van der Waals surface area contributed by atoms with E-state index in [1.54, 1.807) is 19.2 Å². The van der Waals surface area contributed by atoms with Crippen LogP contribution in [0.4, 0.5) is 11.4 Å². The molecule has 23 heavy (non-hydrogen) atoms. The topological polar surface area (TPSA) is 76.4 Å².